The molecule has 0 N–H and O–H groups in total. The molecule has 2 heterocycles. The molecule has 8 rings (SSSR count). The molecule has 0 amide bonds. The first-order chi connectivity index (χ1) is 23.6. The summed E-state index contributed by atoms with van der Waals surface area (Å²) in [4.78, 5) is 15.0. The zero-order valence-corrected chi connectivity index (χ0v) is 26.9. The van der Waals surface area contributed by atoms with Crippen LogP contribution in [0.5, 0.6) is 0 Å². The minimum atomic E-state index is 0.690. The number of benzene rings is 6. The van der Waals surface area contributed by atoms with Gasteiger partial charge in [0.05, 0.1) is 11.4 Å². The number of hydrogen-bond acceptors (Lipinski definition) is 3. The second-order valence-corrected chi connectivity index (χ2v) is 12.2. The first-order valence-corrected chi connectivity index (χ1v) is 16.3. The molecule has 48 heavy (non-hydrogen) atoms. The zero-order chi connectivity index (χ0) is 32.5. The maximum Gasteiger partial charge on any atom is 0.160 e. The van der Waals surface area contributed by atoms with Crippen molar-refractivity contribution in [2.45, 2.75) is 13.8 Å². The Balaban J connectivity index is 1.36. The number of hydrogen-bond donors (Lipinski definition) is 0. The van der Waals surface area contributed by atoms with Gasteiger partial charge in [0, 0.05) is 28.1 Å². The highest BCUT2D eigenvalue weighted by Gasteiger charge is 2.15. The Kier molecular flexibility index (Phi) is 7.64. The highest BCUT2D eigenvalue weighted by molar-refractivity contribution is 5.98. The van der Waals surface area contributed by atoms with Crippen LogP contribution in [0.15, 0.2) is 164 Å². The normalized spacial score (nSPS) is 11.1. The van der Waals surface area contributed by atoms with Crippen molar-refractivity contribution >= 4 is 10.8 Å². The molecule has 0 aliphatic heterocycles. The minimum Gasteiger partial charge on any atom is -0.258 e. The van der Waals surface area contributed by atoms with E-state index in [0.717, 1.165) is 61.7 Å². The molecule has 0 aliphatic carbocycles. The lowest BCUT2D eigenvalue weighted by atomic mass is 9.92. The number of nitrogens with zero attached hydrogens (tertiary/aromatic N) is 3. The van der Waals surface area contributed by atoms with Gasteiger partial charge >= 0.3 is 0 Å². The van der Waals surface area contributed by atoms with E-state index in [2.05, 4.69) is 157 Å². The SMILES string of the molecule is Cc1cc(-c2cccc(-c3cc(-c4nc(-c5ccccc5)cc(-c5ccccc5)n4)cc(-c4cccc5ccccc45)c3)c2)cc(C)n1. The number of fused-ring (bicyclic) bond motifs is 1. The number of pyridine rings is 1. The molecule has 0 fully saturated rings. The van der Waals surface area contributed by atoms with Gasteiger partial charge in [-0.2, -0.15) is 0 Å². The second kappa shape index (κ2) is 12.5. The smallest absolute Gasteiger partial charge is 0.160 e. The van der Waals surface area contributed by atoms with Crippen LogP contribution in [0.2, 0.25) is 0 Å². The fourth-order valence-corrected chi connectivity index (χ4v) is 6.53. The van der Waals surface area contributed by atoms with Gasteiger partial charge in [0.25, 0.3) is 0 Å². The number of aromatic nitrogens is 3. The number of aryl methyl sites for hydroxylation is 2. The predicted octanol–water partition coefficient (Wildman–Crippen LogP) is 11.6. The lowest BCUT2D eigenvalue weighted by Crippen LogP contribution is -1.97. The summed E-state index contributed by atoms with van der Waals surface area (Å²) in [5.41, 5.74) is 13.7. The van der Waals surface area contributed by atoms with Crippen molar-refractivity contribution in [3.63, 3.8) is 0 Å². The van der Waals surface area contributed by atoms with Gasteiger partial charge < -0.3 is 0 Å². The van der Waals surface area contributed by atoms with Crippen molar-refractivity contribution < 1.29 is 0 Å². The lowest BCUT2D eigenvalue weighted by molar-refractivity contribution is 1.12. The van der Waals surface area contributed by atoms with Gasteiger partial charge in [0.15, 0.2) is 5.82 Å². The fraction of sp³-hybridized carbons (Fsp3) is 0.0444. The summed E-state index contributed by atoms with van der Waals surface area (Å²) in [6.07, 6.45) is 0. The Morgan fingerprint density at radius 1 is 0.333 bits per heavy atom. The van der Waals surface area contributed by atoms with Crippen LogP contribution in [-0.2, 0) is 0 Å². The number of rotatable bonds is 6. The van der Waals surface area contributed by atoms with Crippen LogP contribution < -0.4 is 0 Å². The summed E-state index contributed by atoms with van der Waals surface area (Å²) in [5.74, 6) is 0.690. The van der Waals surface area contributed by atoms with E-state index in [9.17, 15) is 0 Å². The Bertz CT molecular complexity index is 2330. The molecule has 0 aliphatic rings. The molecular formula is C45H33N3. The Morgan fingerprint density at radius 2 is 0.812 bits per heavy atom. The van der Waals surface area contributed by atoms with Crippen molar-refractivity contribution in [2.24, 2.45) is 0 Å². The van der Waals surface area contributed by atoms with Crippen LogP contribution in [0.1, 0.15) is 11.4 Å². The van der Waals surface area contributed by atoms with Crippen LogP contribution in [0, 0.1) is 13.8 Å². The molecule has 3 heteroatoms. The summed E-state index contributed by atoms with van der Waals surface area (Å²) in [6, 6.07) is 57.7. The molecule has 0 atom stereocenters. The average Bonchev–Trinajstić information content (AvgIpc) is 3.14. The van der Waals surface area contributed by atoms with Crippen LogP contribution in [0.3, 0.4) is 0 Å². The molecule has 6 aromatic carbocycles. The molecule has 3 nitrogen and oxygen atoms in total. The fourth-order valence-electron chi connectivity index (χ4n) is 6.53. The standard InChI is InChI=1S/C45H33N3/c1-30-23-37(24-31(2)46-30)35-19-11-20-36(25-35)38-26-39(42-22-12-18-32-13-9-10-21-41(32)42)28-40(27-38)45-47-43(33-14-5-3-6-15-33)29-44(48-45)34-16-7-4-8-17-34/h3-29H,1-2H3. The molecule has 0 radical (unpaired) electrons. The topological polar surface area (TPSA) is 38.7 Å². The lowest BCUT2D eigenvalue weighted by Gasteiger charge is -2.15. The van der Waals surface area contributed by atoms with E-state index in [1.165, 1.54) is 21.9 Å². The first-order valence-electron chi connectivity index (χ1n) is 16.3. The minimum absolute atomic E-state index is 0.690. The van der Waals surface area contributed by atoms with Gasteiger partial charge in [-0.1, -0.05) is 121 Å². The summed E-state index contributed by atoms with van der Waals surface area (Å²) in [5, 5.41) is 2.42. The predicted molar refractivity (Wildman–Crippen MR) is 199 cm³/mol. The van der Waals surface area contributed by atoms with Crippen molar-refractivity contribution in [3.8, 4) is 67.3 Å². The third-order valence-corrected chi connectivity index (χ3v) is 8.77. The van der Waals surface area contributed by atoms with Crippen LogP contribution in [0.4, 0.5) is 0 Å². The van der Waals surface area contributed by atoms with Crippen LogP contribution >= 0.6 is 0 Å². The summed E-state index contributed by atoms with van der Waals surface area (Å²) in [6.45, 7) is 4.10. The van der Waals surface area contributed by atoms with E-state index in [4.69, 9.17) is 9.97 Å². The van der Waals surface area contributed by atoms with Crippen LogP contribution in [-0.4, -0.2) is 15.0 Å². The molecule has 0 spiro atoms. The third-order valence-electron chi connectivity index (χ3n) is 8.77. The average molecular weight is 616 g/mol. The van der Waals surface area contributed by atoms with Gasteiger partial charge in [-0.3, -0.25) is 4.98 Å². The van der Waals surface area contributed by atoms with Crippen molar-refractivity contribution in [1.82, 2.24) is 15.0 Å². The summed E-state index contributed by atoms with van der Waals surface area (Å²) in [7, 11) is 0. The quantitative estimate of drug-likeness (QED) is 0.187. The van der Waals surface area contributed by atoms with Gasteiger partial charge in [-0.05, 0) is 100 Å². The monoisotopic (exact) mass is 615 g/mol. The third kappa shape index (κ3) is 5.90. The van der Waals surface area contributed by atoms with Crippen molar-refractivity contribution in [3.05, 3.63) is 175 Å². The Hall–Kier alpha value is -6.19. The van der Waals surface area contributed by atoms with E-state index < -0.39 is 0 Å². The van der Waals surface area contributed by atoms with Gasteiger partial charge in [0.1, 0.15) is 0 Å². The maximum atomic E-state index is 5.20. The zero-order valence-electron chi connectivity index (χ0n) is 26.9. The van der Waals surface area contributed by atoms with Crippen molar-refractivity contribution in [2.75, 3.05) is 0 Å². The summed E-state index contributed by atoms with van der Waals surface area (Å²) < 4.78 is 0. The Morgan fingerprint density at radius 3 is 1.48 bits per heavy atom. The van der Waals surface area contributed by atoms with Gasteiger partial charge in [0.2, 0.25) is 0 Å². The van der Waals surface area contributed by atoms with Gasteiger partial charge in [-0.15, -0.1) is 0 Å². The molecule has 0 unspecified atom stereocenters. The highest BCUT2D eigenvalue weighted by atomic mass is 14.9. The van der Waals surface area contributed by atoms with Crippen LogP contribution in [0.25, 0.3) is 78.1 Å². The first kappa shape index (κ1) is 29.2. The van der Waals surface area contributed by atoms with E-state index in [1.54, 1.807) is 0 Å². The van der Waals surface area contributed by atoms with E-state index in [1.807, 2.05) is 26.0 Å². The molecule has 0 saturated carbocycles. The molecular weight excluding hydrogens is 583 g/mol. The molecule has 228 valence electrons. The van der Waals surface area contributed by atoms with E-state index in [-0.39, 0.29) is 0 Å². The maximum absolute atomic E-state index is 5.20. The van der Waals surface area contributed by atoms with E-state index in [0.29, 0.717) is 5.82 Å². The largest absolute Gasteiger partial charge is 0.258 e. The van der Waals surface area contributed by atoms with E-state index >= 15 is 0 Å². The summed E-state index contributed by atoms with van der Waals surface area (Å²) >= 11 is 0. The molecule has 8 aromatic rings. The molecule has 0 bridgehead atoms. The van der Waals surface area contributed by atoms with Gasteiger partial charge in [-0.25, -0.2) is 9.97 Å². The molecule has 2 aromatic heterocycles. The molecule has 0 saturated heterocycles. The second-order valence-electron chi connectivity index (χ2n) is 12.2. The van der Waals surface area contributed by atoms with Crippen molar-refractivity contribution in [1.29, 1.82) is 0 Å². The Labute approximate surface area is 281 Å². The highest BCUT2D eigenvalue weighted by Crippen LogP contribution is 2.37.